The van der Waals surface area contributed by atoms with Crippen molar-refractivity contribution in [2.75, 3.05) is 0 Å². The van der Waals surface area contributed by atoms with Crippen molar-refractivity contribution >= 4 is 33.2 Å². The Kier molecular flexibility index (Phi) is 3.70. The van der Waals surface area contributed by atoms with E-state index in [-0.39, 0.29) is 17.2 Å². The van der Waals surface area contributed by atoms with Gasteiger partial charge in [-0.1, -0.05) is 0 Å². The highest BCUT2D eigenvalue weighted by molar-refractivity contribution is 9.11. The molecule has 0 saturated heterocycles. The van der Waals surface area contributed by atoms with E-state index >= 15 is 0 Å². The number of hydrogen-bond acceptors (Lipinski definition) is 4. The molecular formula is C10H8BrN3O2S. The molecule has 0 aliphatic heterocycles. The van der Waals surface area contributed by atoms with E-state index in [2.05, 4.69) is 31.4 Å². The number of carbonyl (C=O) groups excluding carboxylic acids is 1. The number of aromatic nitrogens is 2. The maximum absolute atomic E-state index is 11.6. The molecule has 7 heteroatoms. The van der Waals surface area contributed by atoms with Gasteiger partial charge >= 0.3 is 0 Å². The van der Waals surface area contributed by atoms with Crippen molar-refractivity contribution in [3.8, 4) is 0 Å². The van der Waals surface area contributed by atoms with Gasteiger partial charge in [0.25, 0.3) is 11.5 Å². The molecular weight excluding hydrogens is 306 g/mol. The smallest absolute Gasteiger partial charge is 0.271 e. The summed E-state index contributed by atoms with van der Waals surface area (Å²) >= 11 is 4.90. The van der Waals surface area contributed by atoms with Gasteiger partial charge < -0.3 is 5.32 Å². The van der Waals surface area contributed by atoms with Gasteiger partial charge in [0, 0.05) is 12.6 Å². The van der Waals surface area contributed by atoms with Gasteiger partial charge in [-0.3, -0.25) is 9.59 Å². The molecule has 0 bridgehead atoms. The topological polar surface area (TPSA) is 74.8 Å². The van der Waals surface area contributed by atoms with Crippen molar-refractivity contribution in [3.05, 3.63) is 49.0 Å². The Morgan fingerprint density at radius 2 is 2.35 bits per heavy atom. The second-order valence-electron chi connectivity index (χ2n) is 3.25. The van der Waals surface area contributed by atoms with Gasteiger partial charge in [0.15, 0.2) is 0 Å². The Balaban J connectivity index is 1.98. The summed E-state index contributed by atoms with van der Waals surface area (Å²) < 4.78 is 1.02. The summed E-state index contributed by atoms with van der Waals surface area (Å²) in [6.07, 6.45) is 0. The van der Waals surface area contributed by atoms with E-state index < -0.39 is 0 Å². The number of H-pyrrole nitrogens is 1. The van der Waals surface area contributed by atoms with Crippen LogP contribution in [0.5, 0.6) is 0 Å². The van der Waals surface area contributed by atoms with Gasteiger partial charge in [0.2, 0.25) is 0 Å². The fraction of sp³-hybridized carbons (Fsp3) is 0.100. The Morgan fingerprint density at radius 3 is 2.94 bits per heavy atom. The highest BCUT2D eigenvalue weighted by atomic mass is 79.9. The molecule has 0 saturated carbocycles. The quantitative estimate of drug-likeness (QED) is 0.902. The number of nitrogens with one attached hydrogen (secondary N) is 2. The van der Waals surface area contributed by atoms with E-state index in [1.54, 1.807) is 11.3 Å². The fourth-order valence-electron chi connectivity index (χ4n) is 1.18. The Hall–Kier alpha value is -1.47. The maximum atomic E-state index is 11.6. The Bertz CT molecular complexity index is 573. The van der Waals surface area contributed by atoms with Crippen LogP contribution in [0.1, 0.15) is 16.1 Å². The molecule has 5 nitrogen and oxygen atoms in total. The number of nitrogens with zero attached hydrogens (tertiary/aromatic N) is 1. The molecule has 0 aliphatic rings. The van der Waals surface area contributed by atoms with Crippen LogP contribution in [0.3, 0.4) is 0 Å². The summed E-state index contributed by atoms with van der Waals surface area (Å²) in [5.74, 6) is -0.316. The second kappa shape index (κ2) is 5.24. The third-order valence-corrected chi connectivity index (χ3v) is 3.54. The minimum Gasteiger partial charge on any atom is -0.347 e. The fourth-order valence-corrected chi connectivity index (χ4v) is 2.39. The molecule has 0 atom stereocenters. The molecule has 0 spiro atoms. The Morgan fingerprint density at radius 1 is 1.53 bits per heavy atom. The second-order valence-corrected chi connectivity index (χ2v) is 5.54. The lowest BCUT2D eigenvalue weighted by Crippen LogP contribution is -2.25. The lowest BCUT2D eigenvalue weighted by molar-refractivity contribution is 0.0945. The predicted molar refractivity (Wildman–Crippen MR) is 68.0 cm³/mol. The lowest BCUT2D eigenvalue weighted by Gasteiger charge is -2.01. The number of amides is 1. The standard InChI is InChI=1S/C10H8BrN3O2S/c11-8-3-6(5-17-8)4-12-10(16)7-1-2-9(15)14-13-7/h1-3,5H,4H2,(H,12,16)(H,14,15). The number of hydrogen-bond donors (Lipinski definition) is 2. The van der Waals surface area contributed by atoms with Gasteiger partial charge in [-0.2, -0.15) is 5.10 Å². The van der Waals surface area contributed by atoms with Crippen LogP contribution < -0.4 is 10.9 Å². The molecule has 2 aromatic rings. The van der Waals surface area contributed by atoms with Crippen molar-refractivity contribution in [1.82, 2.24) is 15.5 Å². The molecule has 0 aromatic carbocycles. The van der Waals surface area contributed by atoms with Crippen molar-refractivity contribution in [2.45, 2.75) is 6.54 Å². The molecule has 2 N–H and O–H groups in total. The zero-order valence-corrected chi connectivity index (χ0v) is 11.0. The molecule has 1 amide bonds. The maximum Gasteiger partial charge on any atom is 0.271 e. The molecule has 0 radical (unpaired) electrons. The average molecular weight is 314 g/mol. The van der Waals surface area contributed by atoms with E-state index in [1.807, 2.05) is 11.4 Å². The van der Waals surface area contributed by atoms with E-state index in [9.17, 15) is 9.59 Å². The minimum absolute atomic E-state index is 0.193. The van der Waals surface area contributed by atoms with Crippen LogP contribution in [0.2, 0.25) is 0 Å². The van der Waals surface area contributed by atoms with Crippen molar-refractivity contribution < 1.29 is 4.79 Å². The number of rotatable bonds is 3. The van der Waals surface area contributed by atoms with Crippen LogP contribution >= 0.6 is 27.3 Å². The molecule has 2 aromatic heterocycles. The third kappa shape index (κ3) is 3.24. The van der Waals surface area contributed by atoms with E-state index in [0.717, 1.165) is 9.35 Å². The van der Waals surface area contributed by atoms with Gasteiger partial charge in [-0.05, 0) is 39.0 Å². The van der Waals surface area contributed by atoms with Gasteiger partial charge in [0.1, 0.15) is 5.69 Å². The van der Waals surface area contributed by atoms with Gasteiger partial charge in [0.05, 0.1) is 3.79 Å². The SMILES string of the molecule is O=C(NCc1csc(Br)c1)c1ccc(=O)[nH]n1. The van der Waals surface area contributed by atoms with Crippen molar-refractivity contribution in [2.24, 2.45) is 0 Å². The highest BCUT2D eigenvalue weighted by Crippen LogP contribution is 2.20. The molecule has 88 valence electrons. The number of carbonyl (C=O) groups is 1. The van der Waals surface area contributed by atoms with Gasteiger partial charge in [-0.15, -0.1) is 11.3 Å². The number of aromatic amines is 1. The first-order valence-electron chi connectivity index (χ1n) is 4.72. The van der Waals surface area contributed by atoms with Crippen LogP contribution in [0.15, 0.2) is 32.2 Å². The molecule has 17 heavy (non-hydrogen) atoms. The van der Waals surface area contributed by atoms with E-state index in [1.165, 1.54) is 12.1 Å². The largest absolute Gasteiger partial charge is 0.347 e. The summed E-state index contributed by atoms with van der Waals surface area (Å²) in [4.78, 5) is 22.4. The summed E-state index contributed by atoms with van der Waals surface area (Å²) in [6, 6.07) is 4.59. The lowest BCUT2D eigenvalue weighted by atomic mass is 10.3. The van der Waals surface area contributed by atoms with Crippen molar-refractivity contribution in [3.63, 3.8) is 0 Å². The number of thiophene rings is 1. The van der Waals surface area contributed by atoms with E-state index in [0.29, 0.717) is 6.54 Å². The van der Waals surface area contributed by atoms with Crippen LogP contribution in [-0.4, -0.2) is 16.1 Å². The summed E-state index contributed by atoms with van der Waals surface area (Å²) in [7, 11) is 0. The van der Waals surface area contributed by atoms with Crippen LogP contribution in [0.25, 0.3) is 0 Å². The monoisotopic (exact) mass is 313 g/mol. The third-order valence-electron chi connectivity index (χ3n) is 1.99. The first-order valence-corrected chi connectivity index (χ1v) is 6.39. The molecule has 0 aliphatic carbocycles. The Labute approximate surface area is 109 Å². The predicted octanol–water partition coefficient (Wildman–Crippen LogP) is 1.52. The first-order chi connectivity index (χ1) is 8.15. The van der Waals surface area contributed by atoms with E-state index in [4.69, 9.17) is 0 Å². The van der Waals surface area contributed by atoms with Crippen LogP contribution in [0, 0.1) is 0 Å². The minimum atomic E-state index is -0.330. The summed E-state index contributed by atoms with van der Waals surface area (Å²) in [5, 5.41) is 10.5. The average Bonchev–Trinajstić information content (AvgIpc) is 2.73. The summed E-state index contributed by atoms with van der Waals surface area (Å²) in [5.41, 5.74) is 0.877. The molecule has 0 unspecified atom stereocenters. The highest BCUT2D eigenvalue weighted by Gasteiger charge is 2.07. The van der Waals surface area contributed by atoms with Crippen LogP contribution in [-0.2, 0) is 6.54 Å². The van der Waals surface area contributed by atoms with Gasteiger partial charge in [-0.25, -0.2) is 5.10 Å². The molecule has 2 heterocycles. The first kappa shape index (κ1) is 12.0. The molecule has 2 rings (SSSR count). The zero-order valence-electron chi connectivity index (χ0n) is 8.57. The summed E-state index contributed by atoms with van der Waals surface area (Å²) in [6.45, 7) is 0.432. The van der Waals surface area contributed by atoms with Crippen molar-refractivity contribution in [1.29, 1.82) is 0 Å². The molecule has 0 fully saturated rings. The van der Waals surface area contributed by atoms with Crippen LogP contribution in [0.4, 0.5) is 0 Å². The number of halogens is 1. The zero-order chi connectivity index (χ0) is 12.3. The normalized spacial score (nSPS) is 10.2.